The summed E-state index contributed by atoms with van der Waals surface area (Å²) in [5.41, 5.74) is 10.8. The Kier molecular flexibility index (Phi) is 8.00. The quantitative estimate of drug-likeness (QED) is 0.169. The molecule has 0 radical (unpaired) electrons. The monoisotopic (exact) mass is 782 g/mol. The first-order valence-corrected chi connectivity index (χ1v) is 21.0. The van der Waals surface area contributed by atoms with E-state index in [0.29, 0.717) is 17.5 Å². The Hall–Kier alpha value is -7.73. The molecule has 0 amide bonds. The molecule has 0 aliphatic heterocycles. The summed E-state index contributed by atoms with van der Waals surface area (Å²) in [6, 6.07) is 73.2. The van der Waals surface area contributed by atoms with Gasteiger partial charge in [0, 0.05) is 53.2 Å². The predicted octanol–water partition coefficient (Wildman–Crippen LogP) is 14.8. The normalized spacial score (nSPS) is 11.7. The molecule has 12 rings (SSSR count). The number of hydrogen-bond acceptors (Lipinski definition) is 4. The molecule has 60 heavy (non-hydrogen) atoms. The van der Waals surface area contributed by atoms with E-state index in [1.165, 1.54) is 47.3 Å². The fourth-order valence-electron chi connectivity index (χ4n) is 8.84. The van der Waals surface area contributed by atoms with Gasteiger partial charge in [-0.2, -0.15) is 0 Å². The van der Waals surface area contributed by atoms with Crippen LogP contribution in [0.5, 0.6) is 0 Å². The Labute approximate surface area is 350 Å². The summed E-state index contributed by atoms with van der Waals surface area (Å²) < 4.78 is 4.98. The van der Waals surface area contributed by atoms with Gasteiger partial charge in [-0.25, -0.2) is 15.0 Å². The Bertz CT molecular complexity index is 3530. The third-order valence-electron chi connectivity index (χ3n) is 11.7. The fourth-order valence-corrected chi connectivity index (χ4v) is 10.1. The molecule has 12 aromatic rings. The number of aromatic nitrogens is 4. The summed E-state index contributed by atoms with van der Waals surface area (Å²) in [5.74, 6) is 1.88. The van der Waals surface area contributed by atoms with Crippen molar-refractivity contribution in [2.45, 2.75) is 0 Å². The van der Waals surface area contributed by atoms with E-state index in [9.17, 15) is 0 Å². The van der Waals surface area contributed by atoms with Crippen LogP contribution in [0.1, 0.15) is 0 Å². The van der Waals surface area contributed by atoms with Gasteiger partial charge >= 0.3 is 0 Å². The summed E-state index contributed by atoms with van der Waals surface area (Å²) in [5, 5.41) is 7.61. The molecule has 0 fully saturated rings. The molecular formula is C55H34N4S. The van der Waals surface area contributed by atoms with Crippen molar-refractivity contribution < 1.29 is 0 Å². The molecule has 4 nitrogen and oxygen atoms in total. The molecular weight excluding hydrogens is 749 g/mol. The number of thiophene rings is 1. The number of benzene rings is 9. The topological polar surface area (TPSA) is 43.6 Å². The van der Waals surface area contributed by atoms with E-state index < -0.39 is 0 Å². The van der Waals surface area contributed by atoms with Crippen LogP contribution in [0.4, 0.5) is 0 Å². The molecule has 0 N–H and O–H groups in total. The van der Waals surface area contributed by atoms with Crippen molar-refractivity contribution in [3.8, 4) is 62.1 Å². The van der Waals surface area contributed by atoms with Crippen LogP contribution in [-0.4, -0.2) is 19.5 Å². The largest absolute Gasteiger partial charge is 0.309 e. The zero-order valence-corrected chi connectivity index (χ0v) is 33.1. The molecule has 0 aliphatic rings. The molecule has 0 saturated heterocycles. The van der Waals surface area contributed by atoms with Crippen LogP contribution < -0.4 is 0 Å². The van der Waals surface area contributed by atoms with Gasteiger partial charge in [-0.05, 0) is 51.7 Å². The standard InChI is InChI=1S/C55H34N4S/c1-3-14-35(15-4-1)41-32-30-40(34-49(41)59-47-24-11-9-20-44(47)45-21-10-12-25-48(45)59)55-57-53(38-17-5-2-6-18-38)56-54(58-55)39-28-26-37(27-29-39)43-22-13-23-46-51-42-19-8-7-16-36(42)31-33-50(51)60-52(43)46/h1-34H. The Balaban J connectivity index is 1.01. The van der Waals surface area contributed by atoms with Gasteiger partial charge in [0.05, 0.1) is 16.7 Å². The molecule has 0 unspecified atom stereocenters. The highest BCUT2D eigenvalue weighted by Crippen LogP contribution is 2.43. The maximum absolute atomic E-state index is 5.23. The minimum absolute atomic E-state index is 0.617. The lowest BCUT2D eigenvalue weighted by Gasteiger charge is -2.16. The van der Waals surface area contributed by atoms with Gasteiger partial charge in [0.15, 0.2) is 17.5 Å². The Morgan fingerprint density at radius 1 is 0.350 bits per heavy atom. The number of fused-ring (bicyclic) bond motifs is 8. The van der Waals surface area contributed by atoms with Crippen molar-refractivity contribution in [1.29, 1.82) is 0 Å². The van der Waals surface area contributed by atoms with Gasteiger partial charge in [0.1, 0.15) is 0 Å². The lowest BCUT2D eigenvalue weighted by atomic mass is 9.99. The van der Waals surface area contributed by atoms with Crippen LogP contribution in [0.2, 0.25) is 0 Å². The molecule has 9 aromatic carbocycles. The van der Waals surface area contributed by atoms with Crippen LogP contribution in [0, 0.1) is 0 Å². The van der Waals surface area contributed by atoms with Crippen molar-refractivity contribution in [1.82, 2.24) is 19.5 Å². The smallest absolute Gasteiger partial charge is 0.164 e. The van der Waals surface area contributed by atoms with E-state index >= 15 is 0 Å². The van der Waals surface area contributed by atoms with E-state index in [4.69, 9.17) is 15.0 Å². The number of hydrogen-bond donors (Lipinski definition) is 0. The molecule has 3 heterocycles. The summed E-state index contributed by atoms with van der Waals surface area (Å²) in [6.07, 6.45) is 0. The maximum atomic E-state index is 5.23. The van der Waals surface area contributed by atoms with Crippen LogP contribution in [-0.2, 0) is 0 Å². The zero-order chi connectivity index (χ0) is 39.6. The highest BCUT2D eigenvalue weighted by atomic mass is 32.1. The lowest BCUT2D eigenvalue weighted by Crippen LogP contribution is -2.02. The predicted molar refractivity (Wildman–Crippen MR) is 252 cm³/mol. The van der Waals surface area contributed by atoms with E-state index in [1.54, 1.807) is 0 Å². The third-order valence-corrected chi connectivity index (χ3v) is 12.9. The first kappa shape index (κ1) is 34.3. The van der Waals surface area contributed by atoms with Crippen molar-refractivity contribution in [2.75, 3.05) is 0 Å². The molecule has 0 atom stereocenters. The van der Waals surface area contributed by atoms with Crippen molar-refractivity contribution >= 4 is 64.1 Å². The second-order valence-corrected chi connectivity index (χ2v) is 16.2. The second kappa shape index (κ2) is 14.0. The average molecular weight is 783 g/mol. The third kappa shape index (κ3) is 5.63. The molecule has 5 heteroatoms. The van der Waals surface area contributed by atoms with E-state index in [1.807, 2.05) is 29.5 Å². The van der Waals surface area contributed by atoms with Crippen molar-refractivity contribution in [3.05, 3.63) is 206 Å². The minimum Gasteiger partial charge on any atom is -0.309 e. The SMILES string of the molecule is c1ccc(-c2nc(-c3ccc(-c4cccc5c4sc4ccc6ccccc6c45)cc3)nc(-c3ccc(-c4ccccc4)c(-n4c5ccccc5c5ccccc54)c3)n2)cc1. The van der Waals surface area contributed by atoms with E-state index in [2.05, 4.69) is 193 Å². The fraction of sp³-hybridized carbons (Fsp3) is 0. The zero-order valence-electron chi connectivity index (χ0n) is 32.3. The molecule has 0 aliphatic carbocycles. The summed E-state index contributed by atoms with van der Waals surface area (Å²) in [7, 11) is 0. The van der Waals surface area contributed by atoms with Crippen molar-refractivity contribution in [2.24, 2.45) is 0 Å². The van der Waals surface area contributed by atoms with Gasteiger partial charge in [-0.1, -0.05) is 182 Å². The molecule has 280 valence electrons. The van der Waals surface area contributed by atoms with Gasteiger partial charge in [-0.3, -0.25) is 0 Å². The van der Waals surface area contributed by atoms with Gasteiger partial charge in [-0.15, -0.1) is 11.3 Å². The van der Waals surface area contributed by atoms with E-state index in [0.717, 1.165) is 50.1 Å². The van der Waals surface area contributed by atoms with Gasteiger partial charge in [0.2, 0.25) is 0 Å². The lowest BCUT2D eigenvalue weighted by molar-refractivity contribution is 1.07. The first-order valence-electron chi connectivity index (χ1n) is 20.2. The maximum Gasteiger partial charge on any atom is 0.164 e. The van der Waals surface area contributed by atoms with Crippen molar-refractivity contribution in [3.63, 3.8) is 0 Å². The van der Waals surface area contributed by atoms with Crippen LogP contribution in [0.25, 0.3) is 115 Å². The van der Waals surface area contributed by atoms with Crippen LogP contribution in [0.3, 0.4) is 0 Å². The second-order valence-electron chi connectivity index (χ2n) is 15.2. The highest BCUT2D eigenvalue weighted by Gasteiger charge is 2.19. The van der Waals surface area contributed by atoms with Crippen LogP contribution in [0.15, 0.2) is 206 Å². The number of nitrogens with zero attached hydrogens (tertiary/aromatic N) is 4. The molecule has 0 bridgehead atoms. The molecule has 3 aromatic heterocycles. The number of para-hydroxylation sites is 2. The minimum atomic E-state index is 0.617. The van der Waals surface area contributed by atoms with Crippen LogP contribution >= 0.6 is 11.3 Å². The Morgan fingerprint density at radius 2 is 0.867 bits per heavy atom. The molecule has 0 spiro atoms. The summed E-state index contributed by atoms with van der Waals surface area (Å²) in [4.78, 5) is 15.5. The first-order chi connectivity index (χ1) is 29.7. The number of rotatable bonds is 6. The summed E-state index contributed by atoms with van der Waals surface area (Å²) >= 11 is 1.86. The average Bonchev–Trinajstić information content (AvgIpc) is 3.88. The van der Waals surface area contributed by atoms with Gasteiger partial charge in [0.25, 0.3) is 0 Å². The highest BCUT2D eigenvalue weighted by molar-refractivity contribution is 7.26. The molecule has 0 saturated carbocycles. The summed E-state index contributed by atoms with van der Waals surface area (Å²) in [6.45, 7) is 0. The van der Waals surface area contributed by atoms with E-state index in [-0.39, 0.29) is 0 Å². The van der Waals surface area contributed by atoms with Gasteiger partial charge < -0.3 is 4.57 Å². The Morgan fingerprint density at radius 3 is 1.57 bits per heavy atom.